The summed E-state index contributed by atoms with van der Waals surface area (Å²) in [7, 11) is 0. The normalized spacial score (nSPS) is 13.6. The van der Waals surface area contributed by atoms with Crippen LogP contribution in [0, 0.1) is 5.92 Å². The summed E-state index contributed by atoms with van der Waals surface area (Å²) in [4.78, 5) is 12.7. The molecule has 0 aliphatic rings. The molecule has 0 aromatic rings. The summed E-state index contributed by atoms with van der Waals surface area (Å²) in [6.45, 7) is 5.12. The van der Waals surface area contributed by atoms with Gasteiger partial charge in [-0.3, -0.25) is 4.79 Å². The van der Waals surface area contributed by atoms with Gasteiger partial charge in [-0.05, 0) is 19.3 Å². The highest BCUT2D eigenvalue weighted by Crippen LogP contribution is 2.18. The number of hydrogen-bond acceptors (Lipinski definition) is 3. The number of halogens is 3. The summed E-state index contributed by atoms with van der Waals surface area (Å²) in [5, 5.41) is 0. The molecule has 0 aliphatic carbocycles. The minimum Gasteiger partial charge on any atom is -0.382 e. The molecule has 1 atom stereocenters. The zero-order valence-corrected chi connectivity index (χ0v) is 12.4. The molecular weight excluding hydrogens is 273 g/mol. The van der Waals surface area contributed by atoms with Crippen LogP contribution in [0.2, 0.25) is 0 Å². The van der Waals surface area contributed by atoms with E-state index >= 15 is 0 Å². The number of amides is 1. The monoisotopic (exact) mass is 298 g/mol. The van der Waals surface area contributed by atoms with Gasteiger partial charge in [0.2, 0.25) is 5.91 Å². The quantitative estimate of drug-likeness (QED) is 0.664. The van der Waals surface area contributed by atoms with Crippen molar-refractivity contribution in [2.75, 3.05) is 26.3 Å². The van der Waals surface area contributed by atoms with Gasteiger partial charge in [-0.1, -0.05) is 13.8 Å². The zero-order valence-electron chi connectivity index (χ0n) is 12.4. The first-order valence-corrected chi connectivity index (χ1v) is 6.85. The Morgan fingerprint density at radius 2 is 1.95 bits per heavy atom. The minimum absolute atomic E-state index is 0.0309. The van der Waals surface area contributed by atoms with Crippen LogP contribution in [0.25, 0.3) is 0 Å². The van der Waals surface area contributed by atoms with E-state index in [0.29, 0.717) is 19.6 Å². The predicted octanol–water partition coefficient (Wildman–Crippen LogP) is 2.18. The Morgan fingerprint density at radius 1 is 1.35 bits per heavy atom. The predicted molar refractivity (Wildman–Crippen MR) is 71.2 cm³/mol. The molecule has 0 fully saturated rings. The van der Waals surface area contributed by atoms with Crippen LogP contribution in [0.3, 0.4) is 0 Å². The molecule has 20 heavy (non-hydrogen) atoms. The molecule has 1 unspecified atom stereocenters. The van der Waals surface area contributed by atoms with Crippen molar-refractivity contribution in [2.24, 2.45) is 11.7 Å². The van der Waals surface area contributed by atoms with Gasteiger partial charge in [-0.2, -0.15) is 13.2 Å². The molecule has 0 heterocycles. The highest BCUT2D eigenvalue weighted by atomic mass is 19.4. The number of carbonyl (C=O) groups is 1. The van der Waals surface area contributed by atoms with Crippen LogP contribution in [0.5, 0.6) is 0 Å². The third-order valence-corrected chi connectivity index (χ3v) is 2.91. The lowest BCUT2D eigenvalue weighted by molar-refractivity contribution is -0.161. The largest absolute Gasteiger partial charge is 0.406 e. The molecule has 0 aliphatic heterocycles. The highest BCUT2D eigenvalue weighted by Gasteiger charge is 2.33. The molecular formula is C13H25F3N2O2. The van der Waals surface area contributed by atoms with E-state index < -0.39 is 24.7 Å². The first kappa shape index (κ1) is 19.2. The Hall–Kier alpha value is -0.820. The van der Waals surface area contributed by atoms with Gasteiger partial charge in [0.1, 0.15) is 6.54 Å². The Morgan fingerprint density at radius 3 is 2.40 bits per heavy atom. The van der Waals surface area contributed by atoms with Gasteiger partial charge in [0, 0.05) is 32.2 Å². The van der Waals surface area contributed by atoms with Crippen molar-refractivity contribution >= 4 is 5.91 Å². The van der Waals surface area contributed by atoms with Crippen molar-refractivity contribution < 1.29 is 22.7 Å². The molecule has 0 saturated carbocycles. The number of nitrogens with zero attached hydrogens (tertiary/aromatic N) is 1. The average molecular weight is 298 g/mol. The van der Waals surface area contributed by atoms with Crippen molar-refractivity contribution in [3.63, 3.8) is 0 Å². The number of hydrogen-bond donors (Lipinski definition) is 1. The summed E-state index contributed by atoms with van der Waals surface area (Å²) < 4.78 is 42.5. The lowest BCUT2D eigenvalue weighted by Gasteiger charge is -2.26. The zero-order chi connectivity index (χ0) is 15.8. The van der Waals surface area contributed by atoms with Gasteiger partial charge in [0.15, 0.2) is 0 Å². The third-order valence-electron chi connectivity index (χ3n) is 2.91. The van der Waals surface area contributed by atoms with Crippen LogP contribution in [-0.4, -0.2) is 49.3 Å². The third kappa shape index (κ3) is 9.14. The van der Waals surface area contributed by atoms with E-state index in [1.807, 2.05) is 13.8 Å². The molecule has 0 spiro atoms. The van der Waals surface area contributed by atoms with E-state index in [-0.39, 0.29) is 18.9 Å². The molecule has 0 saturated heterocycles. The first-order chi connectivity index (χ1) is 9.17. The molecule has 0 radical (unpaired) electrons. The van der Waals surface area contributed by atoms with Crippen LogP contribution in [-0.2, 0) is 9.53 Å². The van der Waals surface area contributed by atoms with E-state index in [1.165, 1.54) is 0 Å². The number of alkyl halides is 3. The van der Waals surface area contributed by atoms with Crippen molar-refractivity contribution in [2.45, 2.75) is 45.8 Å². The van der Waals surface area contributed by atoms with Gasteiger partial charge < -0.3 is 15.4 Å². The van der Waals surface area contributed by atoms with E-state index in [9.17, 15) is 18.0 Å². The van der Waals surface area contributed by atoms with Crippen molar-refractivity contribution in [3.8, 4) is 0 Å². The van der Waals surface area contributed by atoms with Crippen LogP contribution >= 0.6 is 0 Å². The second-order valence-electron chi connectivity index (χ2n) is 5.09. The number of rotatable bonds is 9. The molecule has 0 aromatic heterocycles. The number of nitrogens with two attached hydrogens (primary N) is 1. The second-order valence-corrected chi connectivity index (χ2v) is 5.09. The fourth-order valence-corrected chi connectivity index (χ4v) is 1.58. The maximum Gasteiger partial charge on any atom is 0.406 e. The Kier molecular flexibility index (Phi) is 8.80. The van der Waals surface area contributed by atoms with Gasteiger partial charge in [0.25, 0.3) is 0 Å². The topological polar surface area (TPSA) is 55.6 Å². The maximum absolute atomic E-state index is 12.5. The maximum atomic E-state index is 12.5. The van der Waals surface area contributed by atoms with E-state index in [1.54, 1.807) is 6.92 Å². The van der Waals surface area contributed by atoms with Gasteiger partial charge >= 0.3 is 6.18 Å². The Bertz CT molecular complexity index is 283. The smallest absolute Gasteiger partial charge is 0.382 e. The molecule has 4 nitrogen and oxygen atoms in total. The molecule has 1 amide bonds. The first-order valence-electron chi connectivity index (χ1n) is 6.85. The van der Waals surface area contributed by atoms with Crippen LogP contribution in [0.15, 0.2) is 0 Å². The van der Waals surface area contributed by atoms with Gasteiger partial charge in [-0.25, -0.2) is 0 Å². The molecule has 0 bridgehead atoms. The number of carbonyl (C=O) groups excluding carboxylic acids is 1. The second kappa shape index (κ2) is 9.18. The lowest BCUT2D eigenvalue weighted by atomic mass is 10.0. The SMILES string of the molecule is CCOCCCN(CC(F)(F)F)C(=O)CC(N)C(C)C. The summed E-state index contributed by atoms with van der Waals surface area (Å²) in [6.07, 6.45) is -4.09. The Labute approximate surface area is 118 Å². The van der Waals surface area contributed by atoms with Crippen LogP contribution in [0.1, 0.15) is 33.6 Å². The summed E-state index contributed by atoms with van der Waals surface area (Å²) in [5.74, 6) is -0.505. The van der Waals surface area contributed by atoms with E-state index in [4.69, 9.17) is 10.5 Å². The molecule has 0 aromatic carbocycles. The molecule has 0 rings (SSSR count). The van der Waals surface area contributed by atoms with E-state index in [0.717, 1.165) is 4.90 Å². The van der Waals surface area contributed by atoms with Gasteiger partial charge in [-0.15, -0.1) is 0 Å². The van der Waals surface area contributed by atoms with E-state index in [2.05, 4.69) is 0 Å². The van der Waals surface area contributed by atoms with Crippen LogP contribution < -0.4 is 5.73 Å². The fraction of sp³-hybridized carbons (Fsp3) is 0.923. The van der Waals surface area contributed by atoms with Crippen molar-refractivity contribution in [1.82, 2.24) is 4.90 Å². The molecule has 120 valence electrons. The molecule has 7 heteroatoms. The fourth-order valence-electron chi connectivity index (χ4n) is 1.58. The number of ether oxygens (including phenoxy) is 1. The summed E-state index contributed by atoms with van der Waals surface area (Å²) in [5.41, 5.74) is 5.74. The van der Waals surface area contributed by atoms with Crippen molar-refractivity contribution in [3.05, 3.63) is 0 Å². The molecule has 2 N–H and O–H groups in total. The standard InChI is InChI=1S/C13H25F3N2O2/c1-4-20-7-5-6-18(9-13(14,15)16)12(19)8-11(17)10(2)3/h10-11H,4-9,17H2,1-3H3. The van der Waals surface area contributed by atoms with Crippen molar-refractivity contribution in [1.29, 1.82) is 0 Å². The summed E-state index contributed by atoms with van der Waals surface area (Å²) >= 11 is 0. The lowest BCUT2D eigenvalue weighted by Crippen LogP contribution is -2.43. The minimum atomic E-state index is -4.40. The Balaban J connectivity index is 4.46. The van der Waals surface area contributed by atoms with Crippen LogP contribution in [0.4, 0.5) is 13.2 Å². The summed E-state index contributed by atoms with van der Waals surface area (Å²) in [6, 6.07) is -0.426. The van der Waals surface area contributed by atoms with Gasteiger partial charge in [0.05, 0.1) is 0 Å². The average Bonchev–Trinajstić information content (AvgIpc) is 2.31. The highest BCUT2D eigenvalue weighted by molar-refractivity contribution is 5.76.